The summed E-state index contributed by atoms with van der Waals surface area (Å²) < 4.78 is 2.02. The molecule has 0 atom stereocenters. The summed E-state index contributed by atoms with van der Waals surface area (Å²) in [7, 11) is 0. The predicted molar refractivity (Wildman–Crippen MR) is 83.6 cm³/mol. The number of rotatable bonds is 4. The molecule has 4 heteroatoms. The van der Waals surface area contributed by atoms with Gasteiger partial charge in [-0.25, -0.2) is 0 Å². The largest absolute Gasteiger partial charge is 0.335 e. The van der Waals surface area contributed by atoms with Crippen LogP contribution >= 0.6 is 38.5 Å². The Morgan fingerprint density at radius 2 is 2.06 bits per heavy atom. The Hall–Kier alpha value is -0.100. The van der Waals surface area contributed by atoms with E-state index in [4.69, 9.17) is 0 Å². The van der Waals surface area contributed by atoms with Crippen LogP contribution in [0.2, 0.25) is 0 Å². The Morgan fingerprint density at radius 3 is 2.67 bits per heavy atom. The molecule has 2 fully saturated rings. The van der Waals surface area contributed by atoms with E-state index in [-0.39, 0.29) is 5.91 Å². The Morgan fingerprint density at radius 1 is 1.33 bits per heavy atom. The average Bonchev–Trinajstić information content (AvgIpc) is 3.21. The molecular weight excluding hydrogens is 405 g/mol. The third kappa shape index (κ3) is 2.90. The molecule has 0 unspecified atom stereocenters. The van der Waals surface area contributed by atoms with Crippen LogP contribution in [0.15, 0.2) is 22.7 Å². The Bertz CT molecular complexity index is 483. The monoisotopic (exact) mass is 419 g/mol. The summed E-state index contributed by atoms with van der Waals surface area (Å²) >= 11 is 5.76. The van der Waals surface area contributed by atoms with E-state index in [1.807, 2.05) is 18.2 Å². The molecule has 2 aliphatic rings. The van der Waals surface area contributed by atoms with Crippen molar-refractivity contribution in [1.82, 2.24) is 4.90 Å². The first-order valence-electron chi connectivity index (χ1n) is 6.41. The Kier molecular flexibility index (Phi) is 3.67. The normalized spacial score (nSPS) is 18.8. The molecule has 0 aromatic heterocycles. The summed E-state index contributed by atoms with van der Waals surface area (Å²) in [6.45, 7) is 0.960. The van der Waals surface area contributed by atoms with Crippen LogP contribution in [-0.4, -0.2) is 23.4 Å². The fraction of sp³-hybridized carbons (Fsp3) is 0.500. The van der Waals surface area contributed by atoms with Crippen LogP contribution in [0.4, 0.5) is 0 Å². The van der Waals surface area contributed by atoms with Crippen LogP contribution in [0.1, 0.15) is 36.0 Å². The van der Waals surface area contributed by atoms with Gasteiger partial charge in [-0.15, -0.1) is 0 Å². The van der Waals surface area contributed by atoms with Gasteiger partial charge in [0.15, 0.2) is 0 Å². The number of carbonyl (C=O) groups is 1. The summed E-state index contributed by atoms with van der Waals surface area (Å²) in [5, 5.41) is 0. The topological polar surface area (TPSA) is 20.3 Å². The number of hydrogen-bond acceptors (Lipinski definition) is 1. The standard InChI is InChI=1S/C14H15BrINO/c15-13-6-3-10(16)7-12(13)14(18)17(11-4-5-11)8-9-1-2-9/h3,6-7,9,11H,1-2,4-5,8H2. The van der Waals surface area contributed by atoms with Crippen molar-refractivity contribution in [2.45, 2.75) is 31.7 Å². The van der Waals surface area contributed by atoms with E-state index in [0.717, 1.165) is 26.1 Å². The summed E-state index contributed by atoms with van der Waals surface area (Å²) in [5.74, 6) is 0.964. The Balaban J connectivity index is 1.83. The maximum Gasteiger partial charge on any atom is 0.255 e. The first-order valence-corrected chi connectivity index (χ1v) is 8.28. The minimum atomic E-state index is 0.204. The Labute approximate surface area is 129 Å². The highest BCUT2D eigenvalue weighted by Gasteiger charge is 2.37. The van der Waals surface area contributed by atoms with Gasteiger partial charge in [0.05, 0.1) is 5.56 Å². The molecule has 0 N–H and O–H groups in total. The van der Waals surface area contributed by atoms with Crippen LogP contribution in [0.25, 0.3) is 0 Å². The van der Waals surface area contributed by atoms with Crippen LogP contribution in [0.5, 0.6) is 0 Å². The van der Waals surface area contributed by atoms with E-state index >= 15 is 0 Å². The quantitative estimate of drug-likeness (QED) is 0.673. The summed E-state index contributed by atoms with van der Waals surface area (Å²) in [4.78, 5) is 14.8. The number of nitrogens with zero attached hydrogens (tertiary/aromatic N) is 1. The summed E-state index contributed by atoms with van der Waals surface area (Å²) in [6, 6.07) is 6.47. The average molecular weight is 420 g/mol. The lowest BCUT2D eigenvalue weighted by molar-refractivity contribution is 0.0734. The third-order valence-corrected chi connectivity index (χ3v) is 4.92. The molecule has 0 aliphatic heterocycles. The highest BCUT2D eigenvalue weighted by atomic mass is 127. The molecule has 1 amide bonds. The third-order valence-electron chi connectivity index (χ3n) is 3.56. The lowest BCUT2D eigenvalue weighted by atomic mass is 10.2. The van der Waals surface area contributed by atoms with Gasteiger partial charge in [0.25, 0.3) is 5.91 Å². The van der Waals surface area contributed by atoms with E-state index in [1.165, 1.54) is 25.7 Å². The van der Waals surface area contributed by atoms with E-state index in [0.29, 0.717) is 6.04 Å². The maximum atomic E-state index is 12.7. The highest BCUT2D eigenvalue weighted by Crippen LogP contribution is 2.36. The lowest BCUT2D eigenvalue weighted by Gasteiger charge is -2.23. The van der Waals surface area contributed by atoms with Gasteiger partial charge in [-0.05, 0) is 88.3 Å². The molecule has 2 nitrogen and oxygen atoms in total. The summed E-state index contributed by atoms with van der Waals surface area (Å²) in [5.41, 5.74) is 0.814. The van der Waals surface area contributed by atoms with Gasteiger partial charge in [-0.3, -0.25) is 4.79 Å². The van der Waals surface area contributed by atoms with E-state index in [1.54, 1.807) is 0 Å². The van der Waals surface area contributed by atoms with Crippen molar-refractivity contribution in [2.24, 2.45) is 5.92 Å². The smallest absolute Gasteiger partial charge is 0.255 e. The van der Waals surface area contributed by atoms with Crippen LogP contribution in [-0.2, 0) is 0 Å². The first-order chi connectivity index (χ1) is 8.65. The number of halogens is 2. The lowest BCUT2D eigenvalue weighted by Crippen LogP contribution is -2.35. The second-order valence-electron chi connectivity index (χ2n) is 5.26. The minimum absolute atomic E-state index is 0.204. The zero-order chi connectivity index (χ0) is 12.7. The second kappa shape index (κ2) is 5.12. The van der Waals surface area contributed by atoms with E-state index in [2.05, 4.69) is 43.4 Å². The molecule has 2 aliphatic carbocycles. The van der Waals surface area contributed by atoms with Gasteiger partial charge in [-0.1, -0.05) is 0 Å². The number of benzene rings is 1. The van der Waals surface area contributed by atoms with Crippen molar-refractivity contribution in [3.63, 3.8) is 0 Å². The molecule has 1 aromatic rings. The molecule has 0 radical (unpaired) electrons. The van der Waals surface area contributed by atoms with Gasteiger partial charge in [0.1, 0.15) is 0 Å². The predicted octanol–water partition coefficient (Wildman–Crippen LogP) is 4.07. The number of amides is 1. The summed E-state index contributed by atoms with van der Waals surface area (Å²) in [6.07, 6.45) is 4.95. The second-order valence-corrected chi connectivity index (χ2v) is 7.36. The molecule has 1 aromatic carbocycles. The van der Waals surface area contributed by atoms with Gasteiger partial charge >= 0.3 is 0 Å². The molecule has 3 rings (SSSR count). The highest BCUT2D eigenvalue weighted by molar-refractivity contribution is 14.1. The fourth-order valence-corrected chi connectivity index (χ4v) is 3.09. The van der Waals surface area contributed by atoms with Gasteiger partial charge in [-0.2, -0.15) is 0 Å². The van der Waals surface area contributed by atoms with Crippen LogP contribution < -0.4 is 0 Å². The number of hydrogen-bond donors (Lipinski definition) is 0. The molecular formula is C14H15BrINO. The molecule has 0 heterocycles. The first kappa shape index (κ1) is 12.9. The minimum Gasteiger partial charge on any atom is -0.335 e. The van der Waals surface area contributed by atoms with Gasteiger partial charge in [0.2, 0.25) is 0 Å². The molecule has 0 bridgehead atoms. The van der Waals surface area contributed by atoms with Crippen molar-refractivity contribution in [2.75, 3.05) is 6.54 Å². The van der Waals surface area contributed by atoms with E-state index < -0.39 is 0 Å². The van der Waals surface area contributed by atoms with Gasteiger partial charge < -0.3 is 4.90 Å². The molecule has 2 saturated carbocycles. The van der Waals surface area contributed by atoms with Crippen LogP contribution in [0.3, 0.4) is 0 Å². The molecule has 96 valence electrons. The zero-order valence-electron chi connectivity index (χ0n) is 10.0. The zero-order valence-corrected chi connectivity index (χ0v) is 13.8. The SMILES string of the molecule is O=C(c1cc(I)ccc1Br)N(CC1CC1)C1CC1. The molecule has 0 saturated heterocycles. The van der Waals surface area contributed by atoms with Gasteiger partial charge in [0, 0.05) is 20.6 Å². The van der Waals surface area contributed by atoms with Crippen molar-refractivity contribution >= 4 is 44.4 Å². The number of carbonyl (C=O) groups excluding carboxylic acids is 1. The van der Waals surface area contributed by atoms with Crippen molar-refractivity contribution < 1.29 is 4.79 Å². The van der Waals surface area contributed by atoms with Crippen molar-refractivity contribution in [3.05, 3.63) is 31.8 Å². The van der Waals surface area contributed by atoms with E-state index in [9.17, 15) is 4.79 Å². The van der Waals surface area contributed by atoms with Crippen molar-refractivity contribution in [1.29, 1.82) is 0 Å². The molecule has 18 heavy (non-hydrogen) atoms. The van der Waals surface area contributed by atoms with Crippen LogP contribution in [0, 0.1) is 9.49 Å². The van der Waals surface area contributed by atoms with Crippen molar-refractivity contribution in [3.8, 4) is 0 Å². The molecule has 0 spiro atoms. The maximum absolute atomic E-state index is 12.7. The fourth-order valence-electron chi connectivity index (χ4n) is 2.18.